The summed E-state index contributed by atoms with van der Waals surface area (Å²) in [4.78, 5) is 25.7. The summed E-state index contributed by atoms with van der Waals surface area (Å²) in [6.07, 6.45) is 3.36. The van der Waals surface area contributed by atoms with E-state index in [1.54, 1.807) is 32.6 Å². The monoisotopic (exact) mass is 598 g/mol. The lowest BCUT2D eigenvalue weighted by atomic mass is 9.39. The highest BCUT2D eigenvalue weighted by Gasteiger charge is 2.76. The van der Waals surface area contributed by atoms with Crippen molar-refractivity contribution in [3.63, 3.8) is 0 Å². The number of carbonyl (C=O) groups excluding carboxylic acids is 2. The molecule has 1 aromatic heterocycles. The lowest BCUT2D eigenvalue weighted by molar-refractivity contribution is -0.259. The number of carbonyl (C=O) groups is 2. The molecule has 4 fully saturated rings. The molecule has 0 amide bonds. The Hall–Kier alpha value is -2.46. The van der Waals surface area contributed by atoms with Gasteiger partial charge in [0.1, 0.15) is 12.2 Å². The Balaban J connectivity index is 1.55. The second-order valence-electron chi connectivity index (χ2n) is 14.1. The van der Waals surface area contributed by atoms with Crippen molar-refractivity contribution in [3.05, 3.63) is 47.0 Å². The van der Waals surface area contributed by atoms with Gasteiger partial charge in [-0.1, -0.05) is 32.4 Å². The standard InChI is InChI=1S/C34H46O9/c1-9-17(2)31(37)43-25-14-24(41-19(4)35)32(5)16-40-28-29(32)33(25,6)23-13-26(38-8)42-22-12-21(20-10-11-39-15-20)18(3)27(22)34(23,7)30(28)36/h9-11,15,21-26,28-30,36H,12-14,16H2,1-8H3/b17-9+. The third-order valence-corrected chi connectivity index (χ3v) is 12.1. The summed E-state index contributed by atoms with van der Waals surface area (Å²) in [5, 5.41) is 12.5. The van der Waals surface area contributed by atoms with E-state index < -0.39 is 58.9 Å². The number of allylic oxidation sites excluding steroid dienone is 2. The van der Waals surface area contributed by atoms with E-state index in [1.165, 1.54) is 6.92 Å². The van der Waals surface area contributed by atoms with Crippen LogP contribution in [-0.4, -0.2) is 67.6 Å². The Morgan fingerprint density at radius 2 is 1.84 bits per heavy atom. The van der Waals surface area contributed by atoms with Crippen LogP contribution < -0.4 is 0 Å². The average molecular weight is 599 g/mol. The molecule has 2 saturated heterocycles. The van der Waals surface area contributed by atoms with Crippen molar-refractivity contribution in [2.24, 2.45) is 28.1 Å². The second-order valence-corrected chi connectivity index (χ2v) is 14.1. The summed E-state index contributed by atoms with van der Waals surface area (Å²) in [6.45, 7) is 13.8. The highest BCUT2D eigenvalue weighted by Crippen LogP contribution is 2.72. The van der Waals surface area contributed by atoms with Crippen molar-refractivity contribution < 1.29 is 42.8 Å². The topological polar surface area (TPSA) is 114 Å². The van der Waals surface area contributed by atoms with Crippen LogP contribution in [-0.2, 0) is 33.3 Å². The van der Waals surface area contributed by atoms with Gasteiger partial charge in [0.25, 0.3) is 0 Å². The van der Waals surface area contributed by atoms with E-state index in [0.29, 0.717) is 31.4 Å². The first kappa shape index (κ1) is 30.6. The summed E-state index contributed by atoms with van der Waals surface area (Å²) >= 11 is 0. The third kappa shape index (κ3) is 4.25. The molecule has 43 heavy (non-hydrogen) atoms. The fraction of sp³-hybridized carbons (Fsp3) is 0.706. The lowest BCUT2D eigenvalue weighted by Gasteiger charge is -2.66. The van der Waals surface area contributed by atoms with Gasteiger partial charge in [-0.3, -0.25) is 4.79 Å². The molecule has 1 N–H and O–H groups in total. The minimum absolute atomic E-state index is 0.0741. The number of esters is 2. The molecule has 9 nitrogen and oxygen atoms in total. The minimum Gasteiger partial charge on any atom is -0.472 e. The zero-order valence-corrected chi connectivity index (χ0v) is 26.5. The smallest absolute Gasteiger partial charge is 0.333 e. The second kappa shape index (κ2) is 10.6. The van der Waals surface area contributed by atoms with Gasteiger partial charge in [-0.15, -0.1) is 0 Å². The van der Waals surface area contributed by atoms with Gasteiger partial charge in [0.05, 0.1) is 37.4 Å². The molecule has 12 atom stereocenters. The maximum atomic E-state index is 13.4. The van der Waals surface area contributed by atoms with E-state index in [0.717, 1.165) is 16.7 Å². The molecule has 3 heterocycles. The molecule has 236 valence electrons. The number of rotatable bonds is 5. The molecule has 3 aliphatic carbocycles. The Bertz CT molecular complexity index is 1330. The Morgan fingerprint density at radius 1 is 1.09 bits per heavy atom. The van der Waals surface area contributed by atoms with Crippen LogP contribution in [0.25, 0.3) is 0 Å². The average Bonchev–Trinajstić information content (AvgIpc) is 3.68. The van der Waals surface area contributed by atoms with Gasteiger partial charge in [-0.05, 0) is 50.3 Å². The van der Waals surface area contributed by atoms with Gasteiger partial charge in [0.15, 0.2) is 6.29 Å². The summed E-state index contributed by atoms with van der Waals surface area (Å²) in [5.74, 6) is -1.20. The van der Waals surface area contributed by atoms with E-state index in [1.807, 2.05) is 13.0 Å². The molecule has 0 spiro atoms. The SMILES string of the molecule is C/C=C(\C)C(=O)OC1CC(OC(C)=O)C2(C)COC3C(O)C4(C)C5=C(C)C(c6ccoc6)CC5OC(OC)CC4C1(C)C32. The van der Waals surface area contributed by atoms with Crippen LogP contribution >= 0.6 is 0 Å². The third-order valence-electron chi connectivity index (χ3n) is 12.1. The lowest BCUT2D eigenvalue weighted by Crippen LogP contribution is -2.71. The zero-order valence-electron chi connectivity index (χ0n) is 26.5. The number of hydrogen-bond donors (Lipinski definition) is 1. The Labute approximate surface area is 253 Å². The number of hydrogen-bond acceptors (Lipinski definition) is 9. The number of methoxy groups -OCH3 is 1. The fourth-order valence-electron chi connectivity index (χ4n) is 10.1. The molecule has 2 saturated carbocycles. The van der Waals surface area contributed by atoms with E-state index in [4.69, 9.17) is 28.1 Å². The first-order valence-electron chi connectivity index (χ1n) is 15.5. The van der Waals surface area contributed by atoms with Crippen LogP contribution in [0, 0.1) is 28.1 Å². The first-order chi connectivity index (χ1) is 20.3. The molecule has 6 rings (SSSR count). The van der Waals surface area contributed by atoms with Crippen LogP contribution in [0.4, 0.5) is 0 Å². The van der Waals surface area contributed by atoms with Gasteiger partial charge in [0.2, 0.25) is 0 Å². The summed E-state index contributed by atoms with van der Waals surface area (Å²) < 4.78 is 37.1. The first-order valence-corrected chi connectivity index (χ1v) is 15.5. The molecule has 9 heteroatoms. The van der Waals surface area contributed by atoms with Crippen LogP contribution in [0.5, 0.6) is 0 Å². The molecule has 1 aromatic rings. The van der Waals surface area contributed by atoms with E-state index in [2.05, 4.69) is 27.7 Å². The van der Waals surface area contributed by atoms with Crippen molar-refractivity contribution in [1.29, 1.82) is 0 Å². The Morgan fingerprint density at radius 3 is 2.47 bits per heavy atom. The van der Waals surface area contributed by atoms with E-state index in [9.17, 15) is 14.7 Å². The summed E-state index contributed by atoms with van der Waals surface area (Å²) in [6, 6.07) is 1.99. The predicted octanol–water partition coefficient (Wildman–Crippen LogP) is 5.08. The van der Waals surface area contributed by atoms with Gasteiger partial charge in [0, 0.05) is 60.5 Å². The molecule has 2 aliphatic heterocycles. The highest BCUT2D eigenvalue weighted by atomic mass is 16.7. The number of aliphatic hydroxyl groups excluding tert-OH is 1. The van der Waals surface area contributed by atoms with Crippen LogP contribution in [0.2, 0.25) is 0 Å². The molecular formula is C34H46O9. The quantitative estimate of drug-likeness (QED) is 0.282. The van der Waals surface area contributed by atoms with Crippen LogP contribution in [0.1, 0.15) is 79.2 Å². The minimum atomic E-state index is -0.878. The normalized spacial score (nSPS) is 45.6. The van der Waals surface area contributed by atoms with Gasteiger partial charge < -0.3 is 33.2 Å². The van der Waals surface area contributed by atoms with E-state index in [-0.39, 0.29) is 23.9 Å². The number of furan rings is 1. The number of ether oxygens (including phenoxy) is 5. The van der Waals surface area contributed by atoms with Gasteiger partial charge >= 0.3 is 11.9 Å². The zero-order chi connectivity index (χ0) is 31.1. The van der Waals surface area contributed by atoms with Gasteiger partial charge in [-0.25, -0.2) is 4.79 Å². The molecule has 0 radical (unpaired) electrons. The summed E-state index contributed by atoms with van der Waals surface area (Å²) in [7, 11) is 1.66. The number of aliphatic hydroxyl groups is 1. The van der Waals surface area contributed by atoms with Crippen molar-refractivity contribution in [3.8, 4) is 0 Å². The maximum Gasteiger partial charge on any atom is 0.333 e. The van der Waals surface area contributed by atoms with Crippen LogP contribution in [0.15, 0.2) is 45.8 Å². The van der Waals surface area contributed by atoms with Crippen molar-refractivity contribution >= 4 is 11.9 Å². The van der Waals surface area contributed by atoms with Crippen LogP contribution in [0.3, 0.4) is 0 Å². The van der Waals surface area contributed by atoms with Crippen molar-refractivity contribution in [1.82, 2.24) is 0 Å². The van der Waals surface area contributed by atoms with Gasteiger partial charge in [-0.2, -0.15) is 0 Å². The molecule has 0 bridgehead atoms. The molecule has 5 aliphatic rings. The van der Waals surface area contributed by atoms with Crippen molar-refractivity contribution in [2.45, 2.75) is 110 Å². The maximum absolute atomic E-state index is 13.4. The molecule has 0 aromatic carbocycles. The fourth-order valence-corrected chi connectivity index (χ4v) is 10.1. The van der Waals surface area contributed by atoms with E-state index >= 15 is 0 Å². The highest BCUT2D eigenvalue weighted by molar-refractivity contribution is 5.87. The molecular weight excluding hydrogens is 552 g/mol. The summed E-state index contributed by atoms with van der Waals surface area (Å²) in [5.41, 5.74) is 1.75. The van der Waals surface area contributed by atoms with Crippen molar-refractivity contribution in [2.75, 3.05) is 13.7 Å². The largest absolute Gasteiger partial charge is 0.472 e. The Kier molecular flexibility index (Phi) is 7.51. The number of fused-ring (bicyclic) bond motifs is 4. The molecule has 12 unspecified atom stereocenters. The predicted molar refractivity (Wildman–Crippen MR) is 156 cm³/mol.